The van der Waals surface area contributed by atoms with E-state index in [4.69, 9.17) is 4.74 Å². The maximum atomic E-state index is 9.87. The van der Waals surface area contributed by atoms with Crippen LogP contribution in [0.5, 0.6) is 0 Å². The molecule has 1 saturated carbocycles. The van der Waals surface area contributed by atoms with Gasteiger partial charge in [0.2, 0.25) is 0 Å². The summed E-state index contributed by atoms with van der Waals surface area (Å²) in [5.41, 5.74) is 0.910. The highest BCUT2D eigenvalue weighted by molar-refractivity contribution is 5.40. The van der Waals surface area contributed by atoms with Crippen molar-refractivity contribution in [3.05, 3.63) is 17.6 Å². The van der Waals surface area contributed by atoms with Crippen molar-refractivity contribution in [3.8, 4) is 0 Å². The van der Waals surface area contributed by atoms with Gasteiger partial charge in [-0.3, -0.25) is 0 Å². The molecule has 2 heterocycles. The Morgan fingerprint density at radius 2 is 2.00 bits per heavy atom. The van der Waals surface area contributed by atoms with Gasteiger partial charge in [0.15, 0.2) is 0 Å². The van der Waals surface area contributed by atoms with Gasteiger partial charge in [0.05, 0.1) is 12.7 Å². The Morgan fingerprint density at radius 1 is 1.30 bits per heavy atom. The van der Waals surface area contributed by atoms with E-state index in [1.807, 2.05) is 20.0 Å². The zero-order chi connectivity index (χ0) is 16.4. The molecule has 0 unspecified atom stereocenters. The van der Waals surface area contributed by atoms with E-state index < -0.39 is 0 Å². The minimum atomic E-state index is -0.184. The Hall–Kier alpha value is -1.24. The van der Waals surface area contributed by atoms with Crippen molar-refractivity contribution in [2.45, 2.75) is 44.6 Å². The average Bonchev–Trinajstić information content (AvgIpc) is 2.52. The first-order valence-corrected chi connectivity index (χ1v) is 8.45. The SMILES string of the molecule is Cc1nc(C2CC(O)C2)cc(N(C)CC2(CO)CCOCC2)n1. The molecule has 0 radical (unpaired) electrons. The summed E-state index contributed by atoms with van der Waals surface area (Å²) in [6.45, 7) is 4.26. The molecule has 2 fully saturated rings. The van der Waals surface area contributed by atoms with Crippen LogP contribution < -0.4 is 4.90 Å². The van der Waals surface area contributed by atoms with Crippen molar-refractivity contribution >= 4 is 5.82 Å². The second-order valence-electron chi connectivity index (χ2n) is 7.15. The summed E-state index contributed by atoms with van der Waals surface area (Å²) >= 11 is 0. The van der Waals surface area contributed by atoms with E-state index in [1.165, 1.54) is 0 Å². The molecule has 2 aliphatic rings. The number of hydrogen-bond acceptors (Lipinski definition) is 6. The van der Waals surface area contributed by atoms with E-state index in [0.717, 1.165) is 49.6 Å². The van der Waals surface area contributed by atoms with Crippen LogP contribution in [0.3, 0.4) is 0 Å². The second kappa shape index (κ2) is 6.71. The highest BCUT2D eigenvalue weighted by atomic mass is 16.5. The fourth-order valence-corrected chi connectivity index (χ4v) is 3.56. The van der Waals surface area contributed by atoms with Crippen LogP contribution in [0.1, 0.15) is 43.1 Å². The van der Waals surface area contributed by atoms with Crippen molar-refractivity contribution < 1.29 is 14.9 Å². The zero-order valence-corrected chi connectivity index (χ0v) is 14.0. The molecule has 1 aromatic rings. The van der Waals surface area contributed by atoms with E-state index in [9.17, 15) is 10.2 Å². The van der Waals surface area contributed by atoms with Crippen LogP contribution in [0.2, 0.25) is 0 Å². The number of rotatable bonds is 5. The number of nitrogens with zero attached hydrogens (tertiary/aromatic N) is 3. The molecule has 6 heteroatoms. The Kier molecular flexibility index (Phi) is 4.85. The molecule has 128 valence electrons. The van der Waals surface area contributed by atoms with Gasteiger partial charge in [0.25, 0.3) is 0 Å². The van der Waals surface area contributed by atoms with Gasteiger partial charge in [-0.2, -0.15) is 0 Å². The van der Waals surface area contributed by atoms with Crippen molar-refractivity contribution in [1.82, 2.24) is 9.97 Å². The third-order valence-electron chi connectivity index (χ3n) is 5.23. The van der Waals surface area contributed by atoms with Gasteiger partial charge < -0.3 is 19.8 Å². The molecule has 0 aromatic carbocycles. The normalized spacial score (nSPS) is 26.6. The average molecular weight is 321 g/mol. The van der Waals surface area contributed by atoms with Gasteiger partial charge in [0.1, 0.15) is 11.6 Å². The molecule has 0 spiro atoms. The molecule has 1 aromatic heterocycles. The number of anilines is 1. The lowest BCUT2D eigenvalue weighted by Gasteiger charge is -2.39. The topological polar surface area (TPSA) is 78.7 Å². The molecule has 1 saturated heterocycles. The Labute approximate surface area is 137 Å². The molecular formula is C17H27N3O3. The van der Waals surface area contributed by atoms with E-state index in [0.29, 0.717) is 19.1 Å². The third kappa shape index (κ3) is 3.65. The first-order chi connectivity index (χ1) is 11.0. The van der Waals surface area contributed by atoms with Gasteiger partial charge in [-0.1, -0.05) is 0 Å². The number of aryl methyl sites for hydroxylation is 1. The predicted molar refractivity (Wildman–Crippen MR) is 87.6 cm³/mol. The molecular weight excluding hydrogens is 294 g/mol. The van der Waals surface area contributed by atoms with Gasteiger partial charge in [-0.15, -0.1) is 0 Å². The van der Waals surface area contributed by atoms with Crippen LogP contribution in [0.15, 0.2) is 6.07 Å². The van der Waals surface area contributed by atoms with Gasteiger partial charge in [-0.05, 0) is 32.6 Å². The van der Waals surface area contributed by atoms with Crippen LogP contribution in [-0.4, -0.2) is 59.7 Å². The number of aromatic nitrogens is 2. The second-order valence-corrected chi connectivity index (χ2v) is 7.15. The van der Waals surface area contributed by atoms with Crippen molar-refractivity contribution in [3.63, 3.8) is 0 Å². The van der Waals surface area contributed by atoms with Gasteiger partial charge >= 0.3 is 0 Å². The van der Waals surface area contributed by atoms with Crippen molar-refractivity contribution in [1.29, 1.82) is 0 Å². The minimum Gasteiger partial charge on any atom is -0.396 e. The van der Waals surface area contributed by atoms with Crippen LogP contribution >= 0.6 is 0 Å². The molecule has 23 heavy (non-hydrogen) atoms. The summed E-state index contributed by atoms with van der Waals surface area (Å²) < 4.78 is 5.44. The molecule has 0 atom stereocenters. The molecule has 6 nitrogen and oxygen atoms in total. The summed E-state index contributed by atoms with van der Waals surface area (Å²) in [5.74, 6) is 2.00. The standard InChI is InChI=1S/C17H27N3O3/c1-12-18-15(13-7-14(22)8-13)9-16(19-12)20(2)10-17(11-21)3-5-23-6-4-17/h9,13-14,21-22H,3-8,10-11H2,1-2H3. The van der Waals surface area contributed by atoms with Gasteiger partial charge in [-0.25, -0.2) is 9.97 Å². The maximum Gasteiger partial charge on any atom is 0.132 e. The summed E-state index contributed by atoms with van der Waals surface area (Å²) in [7, 11) is 2.02. The lowest BCUT2D eigenvalue weighted by molar-refractivity contribution is -0.0113. The quantitative estimate of drug-likeness (QED) is 0.850. The summed E-state index contributed by atoms with van der Waals surface area (Å²) in [6, 6.07) is 2.04. The van der Waals surface area contributed by atoms with E-state index in [-0.39, 0.29) is 18.1 Å². The van der Waals surface area contributed by atoms with E-state index >= 15 is 0 Å². The molecule has 0 bridgehead atoms. The summed E-state index contributed by atoms with van der Waals surface area (Å²) in [5, 5.41) is 19.4. The first-order valence-electron chi connectivity index (χ1n) is 8.45. The molecule has 1 aliphatic carbocycles. The van der Waals surface area contributed by atoms with Crippen LogP contribution in [0, 0.1) is 12.3 Å². The Bertz CT molecular complexity index is 540. The molecule has 1 aliphatic heterocycles. The maximum absolute atomic E-state index is 9.87. The van der Waals surface area contributed by atoms with E-state index in [2.05, 4.69) is 14.9 Å². The largest absolute Gasteiger partial charge is 0.396 e. The Balaban J connectivity index is 1.74. The molecule has 0 amide bonds. The smallest absolute Gasteiger partial charge is 0.132 e. The monoisotopic (exact) mass is 321 g/mol. The lowest BCUT2D eigenvalue weighted by Crippen LogP contribution is -2.43. The first kappa shape index (κ1) is 16.6. The zero-order valence-electron chi connectivity index (χ0n) is 14.0. The van der Waals surface area contributed by atoms with Crippen molar-refractivity contribution in [2.75, 3.05) is 38.3 Å². The van der Waals surface area contributed by atoms with Crippen molar-refractivity contribution in [2.24, 2.45) is 5.41 Å². The number of ether oxygens (including phenoxy) is 1. The lowest BCUT2D eigenvalue weighted by atomic mass is 9.79. The summed E-state index contributed by atoms with van der Waals surface area (Å²) in [4.78, 5) is 11.2. The van der Waals surface area contributed by atoms with Gasteiger partial charge in [0, 0.05) is 49.9 Å². The fourth-order valence-electron chi connectivity index (χ4n) is 3.56. The number of aliphatic hydroxyl groups is 2. The van der Waals surface area contributed by atoms with Crippen LogP contribution in [0.4, 0.5) is 5.82 Å². The predicted octanol–water partition coefficient (Wildman–Crippen LogP) is 1.25. The molecule has 3 rings (SSSR count). The number of hydrogen-bond donors (Lipinski definition) is 2. The Morgan fingerprint density at radius 3 is 2.61 bits per heavy atom. The number of aliphatic hydroxyl groups excluding tert-OH is 2. The summed E-state index contributed by atoms with van der Waals surface area (Å²) in [6.07, 6.45) is 3.14. The highest BCUT2D eigenvalue weighted by Crippen LogP contribution is 2.37. The third-order valence-corrected chi connectivity index (χ3v) is 5.23. The molecule has 2 N–H and O–H groups in total. The van der Waals surface area contributed by atoms with Crippen LogP contribution in [-0.2, 0) is 4.74 Å². The highest BCUT2D eigenvalue weighted by Gasteiger charge is 2.34. The minimum absolute atomic E-state index is 0.112. The fraction of sp³-hybridized carbons (Fsp3) is 0.765. The van der Waals surface area contributed by atoms with E-state index in [1.54, 1.807) is 0 Å². The van der Waals surface area contributed by atoms with Crippen LogP contribution in [0.25, 0.3) is 0 Å².